The van der Waals surface area contributed by atoms with Crippen molar-refractivity contribution in [1.29, 1.82) is 0 Å². The summed E-state index contributed by atoms with van der Waals surface area (Å²) in [4.78, 5) is 8.41. The van der Waals surface area contributed by atoms with E-state index in [1.807, 2.05) is 0 Å². The molecule has 0 unspecified atom stereocenters. The number of hydrogen-bond acceptors (Lipinski definition) is 5. The van der Waals surface area contributed by atoms with E-state index in [-0.39, 0.29) is 0 Å². The molecule has 0 spiro atoms. The van der Waals surface area contributed by atoms with Crippen LogP contribution in [0.1, 0.15) is 12.1 Å². The highest BCUT2D eigenvalue weighted by Gasteiger charge is 2.17. The van der Waals surface area contributed by atoms with Crippen molar-refractivity contribution < 1.29 is 0 Å². The fraction of sp³-hybridized carbons (Fsp3) is 0.500. The zero-order valence-corrected chi connectivity index (χ0v) is 12.8. The molecule has 3 rings (SSSR count). The van der Waals surface area contributed by atoms with Crippen molar-refractivity contribution in [2.45, 2.75) is 13.0 Å². The molecule has 1 atom stereocenters. The van der Waals surface area contributed by atoms with Gasteiger partial charge in [0.15, 0.2) is 0 Å². The highest BCUT2D eigenvalue weighted by atomic mass is 32.1. The molecule has 0 aliphatic carbocycles. The molecule has 102 valence electrons. The van der Waals surface area contributed by atoms with E-state index < -0.39 is 0 Å². The van der Waals surface area contributed by atoms with Crippen LogP contribution < -0.4 is 5.32 Å². The lowest BCUT2D eigenvalue weighted by molar-refractivity contribution is 0.276. The van der Waals surface area contributed by atoms with Gasteiger partial charge >= 0.3 is 0 Å². The van der Waals surface area contributed by atoms with Gasteiger partial charge in [0.05, 0.1) is 10.6 Å². The maximum absolute atomic E-state index is 4.74. The number of nitrogens with one attached hydrogen (secondary N) is 1. The minimum Gasteiger partial charge on any atom is -0.316 e. The van der Waals surface area contributed by atoms with Crippen LogP contribution in [0.25, 0.3) is 9.88 Å². The molecular formula is C14H19N3S2. The van der Waals surface area contributed by atoms with E-state index in [1.165, 1.54) is 36.6 Å². The predicted octanol–water partition coefficient (Wildman–Crippen LogP) is 2.91. The van der Waals surface area contributed by atoms with Gasteiger partial charge in [-0.1, -0.05) is 6.07 Å². The molecule has 1 N–H and O–H groups in total. The molecule has 3 nitrogen and oxygen atoms in total. The second-order valence-electron chi connectivity index (χ2n) is 5.18. The first-order valence-electron chi connectivity index (χ1n) is 6.69. The van der Waals surface area contributed by atoms with E-state index in [9.17, 15) is 0 Å². The maximum atomic E-state index is 4.74. The lowest BCUT2D eigenvalue weighted by Crippen LogP contribution is -2.26. The topological polar surface area (TPSA) is 28.2 Å². The predicted molar refractivity (Wildman–Crippen MR) is 82.7 cm³/mol. The molecule has 5 heteroatoms. The first-order valence-corrected chi connectivity index (χ1v) is 8.45. The lowest BCUT2D eigenvalue weighted by atomic mass is 10.1. The summed E-state index contributed by atoms with van der Waals surface area (Å²) in [5, 5.41) is 8.88. The quantitative estimate of drug-likeness (QED) is 0.919. The number of rotatable bonds is 5. The number of thiophene rings is 1. The Morgan fingerprint density at radius 2 is 2.42 bits per heavy atom. The van der Waals surface area contributed by atoms with E-state index >= 15 is 0 Å². The summed E-state index contributed by atoms with van der Waals surface area (Å²) < 4.78 is 0. The Labute approximate surface area is 122 Å². The van der Waals surface area contributed by atoms with Crippen LogP contribution in [0.3, 0.4) is 0 Å². The van der Waals surface area contributed by atoms with Gasteiger partial charge in [-0.25, -0.2) is 4.98 Å². The smallest absolute Gasteiger partial charge is 0.133 e. The normalized spacial score (nSPS) is 19.4. The molecule has 0 bridgehead atoms. The van der Waals surface area contributed by atoms with Crippen LogP contribution in [0.4, 0.5) is 0 Å². The highest BCUT2D eigenvalue weighted by Crippen LogP contribution is 2.28. The molecule has 1 fully saturated rings. The fourth-order valence-electron chi connectivity index (χ4n) is 2.55. The molecular weight excluding hydrogens is 274 g/mol. The van der Waals surface area contributed by atoms with Gasteiger partial charge in [-0.2, -0.15) is 0 Å². The van der Waals surface area contributed by atoms with Gasteiger partial charge in [0.1, 0.15) is 5.01 Å². The molecule has 1 aliphatic heterocycles. The van der Waals surface area contributed by atoms with Crippen molar-refractivity contribution in [3.8, 4) is 9.88 Å². The van der Waals surface area contributed by atoms with Crippen molar-refractivity contribution in [1.82, 2.24) is 15.2 Å². The Hall–Kier alpha value is -0.750. The Morgan fingerprint density at radius 1 is 1.47 bits per heavy atom. The number of hydrogen-bond donors (Lipinski definition) is 1. The average molecular weight is 293 g/mol. The summed E-state index contributed by atoms with van der Waals surface area (Å²) in [7, 11) is 2.20. The third kappa shape index (κ3) is 3.42. The van der Waals surface area contributed by atoms with Crippen LogP contribution in [0.15, 0.2) is 22.9 Å². The van der Waals surface area contributed by atoms with E-state index in [0.29, 0.717) is 0 Å². The number of thiazole rings is 1. The first-order chi connectivity index (χ1) is 9.31. The summed E-state index contributed by atoms with van der Waals surface area (Å²) in [5.74, 6) is 0.806. The largest absolute Gasteiger partial charge is 0.316 e. The van der Waals surface area contributed by atoms with E-state index in [1.54, 1.807) is 22.7 Å². The van der Waals surface area contributed by atoms with Gasteiger partial charge in [-0.3, -0.25) is 0 Å². The fourth-order valence-corrected chi connectivity index (χ4v) is 4.17. The zero-order valence-electron chi connectivity index (χ0n) is 11.1. The molecule has 2 aromatic rings. The van der Waals surface area contributed by atoms with Crippen molar-refractivity contribution >= 4 is 22.7 Å². The molecule has 19 heavy (non-hydrogen) atoms. The van der Waals surface area contributed by atoms with Gasteiger partial charge in [-0.05, 0) is 43.9 Å². The van der Waals surface area contributed by atoms with Crippen LogP contribution in [0, 0.1) is 5.92 Å². The lowest BCUT2D eigenvalue weighted by Gasteiger charge is -2.19. The van der Waals surface area contributed by atoms with Gasteiger partial charge in [-0.15, -0.1) is 22.7 Å². The van der Waals surface area contributed by atoms with Gasteiger partial charge in [0.2, 0.25) is 0 Å². The Bertz CT molecular complexity index is 501. The summed E-state index contributed by atoms with van der Waals surface area (Å²) in [6, 6.07) is 4.22. The van der Waals surface area contributed by atoms with Gasteiger partial charge < -0.3 is 10.2 Å². The standard InChI is InChI=1S/C14H19N3S2/c1-17(8-11-4-5-15-7-11)9-12-10-19-14(16-12)13-3-2-6-18-13/h2-3,6,10-11,15H,4-5,7-9H2,1H3/t11-/m0/s1. The van der Waals surface area contributed by atoms with Gasteiger partial charge in [0.25, 0.3) is 0 Å². The van der Waals surface area contributed by atoms with Crippen LogP contribution >= 0.6 is 22.7 Å². The highest BCUT2D eigenvalue weighted by molar-refractivity contribution is 7.20. The van der Waals surface area contributed by atoms with E-state index in [2.05, 4.69) is 40.2 Å². The summed E-state index contributed by atoms with van der Waals surface area (Å²) in [6.07, 6.45) is 1.31. The molecule has 1 saturated heterocycles. The molecule has 3 heterocycles. The zero-order chi connectivity index (χ0) is 13.1. The molecule has 0 radical (unpaired) electrons. The van der Waals surface area contributed by atoms with Crippen molar-refractivity contribution in [2.24, 2.45) is 5.92 Å². The van der Waals surface area contributed by atoms with Crippen LogP contribution in [0.2, 0.25) is 0 Å². The molecule has 0 amide bonds. The summed E-state index contributed by atoms with van der Waals surface area (Å²) in [6.45, 7) is 4.47. The third-order valence-electron chi connectivity index (χ3n) is 3.45. The average Bonchev–Trinajstić information content (AvgIpc) is 3.09. The second kappa shape index (κ2) is 6.13. The van der Waals surface area contributed by atoms with Crippen molar-refractivity contribution in [3.63, 3.8) is 0 Å². The van der Waals surface area contributed by atoms with E-state index in [4.69, 9.17) is 4.98 Å². The molecule has 1 aliphatic rings. The van der Waals surface area contributed by atoms with E-state index in [0.717, 1.165) is 17.5 Å². The summed E-state index contributed by atoms with van der Waals surface area (Å²) >= 11 is 3.51. The van der Waals surface area contributed by atoms with Crippen LogP contribution in [-0.2, 0) is 6.54 Å². The van der Waals surface area contributed by atoms with Crippen LogP contribution in [-0.4, -0.2) is 36.6 Å². The molecule has 0 saturated carbocycles. The molecule has 2 aromatic heterocycles. The van der Waals surface area contributed by atoms with Crippen LogP contribution in [0.5, 0.6) is 0 Å². The van der Waals surface area contributed by atoms with Gasteiger partial charge in [0, 0.05) is 18.5 Å². The Morgan fingerprint density at radius 3 is 3.16 bits per heavy atom. The third-order valence-corrected chi connectivity index (χ3v) is 5.38. The summed E-state index contributed by atoms with van der Waals surface area (Å²) in [5.41, 5.74) is 1.20. The maximum Gasteiger partial charge on any atom is 0.133 e. The first kappa shape index (κ1) is 13.2. The number of nitrogens with zero attached hydrogens (tertiary/aromatic N) is 2. The van der Waals surface area contributed by atoms with Crippen molar-refractivity contribution in [3.05, 3.63) is 28.6 Å². The molecule has 0 aromatic carbocycles. The minimum absolute atomic E-state index is 0.806. The number of aromatic nitrogens is 1. The minimum atomic E-state index is 0.806. The van der Waals surface area contributed by atoms with Crippen molar-refractivity contribution in [2.75, 3.05) is 26.7 Å². The SMILES string of the molecule is CN(Cc1csc(-c2cccs2)n1)C[C@H]1CCNC1. The monoisotopic (exact) mass is 293 g/mol. The second-order valence-corrected chi connectivity index (χ2v) is 6.98. The Kier molecular flexibility index (Phi) is 4.28. The Balaban J connectivity index is 1.57.